The van der Waals surface area contributed by atoms with Crippen molar-refractivity contribution in [3.63, 3.8) is 0 Å². The number of nitriles is 1. The van der Waals surface area contributed by atoms with E-state index in [2.05, 4.69) is 10.8 Å². The number of fused-ring (bicyclic) bond motifs is 4. The van der Waals surface area contributed by atoms with Crippen LogP contribution in [0.25, 0.3) is 5.69 Å². The number of ether oxygens (including phenoxy) is 1. The van der Waals surface area contributed by atoms with Crippen LogP contribution in [0.1, 0.15) is 37.4 Å². The van der Waals surface area contributed by atoms with Crippen LogP contribution < -0.4 is 9.46 Å². The Labute approximate surface area is 206 Å². The smallest absolute Gasteiger partial charge is 0.253 e. The maximum atomic E-state index is 13.1. The molecule has 0 saturated carbocycles. The van der Waals surface area contributed by atoms with Crippen molar-refractivity contribution in [2.45, 2.75) is 23.3 Å². The number of rotatable bonds is 5. The molecular weight excluding hydrogens is 468 g/mol. The molecule has 0 aliphatic carbocycles. The molecular formula is C25H28N4O5S. The highest BCUT2D eigenvalue weighted by molar-refractivity contribution is 7.89. The molecule has 184 valence electrons. The van der Waals surface area contributed by atoms with Crippen molar-refractivity contribution in [3.05, 3.63) is 77.6 Å². The summed E-state index contributed by atoms with van der Waals surface area (Å²) in [5, 5.41) is 18.5. The number of hydrogen-bond donors (Lipinski definition) is 2. The molecule has 1 aromatic heterocycles. The molecule has 0 bridgehead atoms. The Balaban J connectivity index is 0.00000190. The normalized spacial score (nSPS) is 16.2. The number of aliphatic hydroxyl groups excluding tert-OH is 1. The minimum atomic E-state index is -3.74. The lowest BCUT2D eigenvalue weighted by Crippen LogP contribution is -2.50. The summed E-state index contributed by atoms with van der Waals surface area (Å²) in [4.78, 5) is 14.9. The Hall–Kier alpha value is -3.65. The van der Waals surface area contributed by atoms with Gasteiger partial charge in [-0.3, -0.25) is 9.36 Å². The van der Waals surface area contributed by atoms with Crippen LogP contribution in [-0.4, -0.2) is 55.1 Å². The largest absolute Gasteiger partial charge is 0.479 e. The van der Waals surface area contributed by atoms with Crippen LogP contribution in [0.5, 0.6) is 5.75 Å². The van der Waals surface area contributed by atoms with Crippen molar-refractivity contribution in [2.24, 2.45) is 0 Å². The molecule has 1 fully saturated rings. The summed E-state index contributed by atoms with van der Waals surface area (Å²) in [5.41, 5.74) is 2.03. The molecule has 35 heavy (non-hydrogen) atoms. The van der Waals surface area contributed by atoms with Crippen molar-refractivity contribution in [3.8, 4) is 17.5 Å². The lowest BCUT2D eigenvalue weighted by Gasteiger charge is -2.45. The number of para-hydroxylation sites is 2. The molecule has 10 heteroatoms. The van der Waals surface area contributed by atoms with Gasteiger partial charge >= 0.3 is 0 Å². The Morgan fingerprint density at radius 1 is 1.11 bits per heavy atom. The maximum absolute atomic E-state index is 13.1. The van der Waals surface area contributed by atoms with E-state index in [1.807, 2.05) is 34.9 Å². The fraction of sp³-hybridized carbons (Fsp3) is 0.280. The third-order valence-electron chi connectivity index (χ3n) is 6.55. The highest BCUT2D eigenvalue weighted by atomic mass is 32.2. The first kappa shape index (κ1) is 23.1. The highest BCUT2D eigenvalue weighted by Gasteiger charge is 2.45. The summed E-state index contributed by atoms with van der Waals surface area (Å²) in [7, 11) is -3.74. The third kappa shape index (κ3) is 3.97. The van der Waals surface area contributed by atoms with Gasteiger partial charge in [-0.2, -0.15) is 5.26 Å². The lowest BCUT2D eigenvalue weighted by molar-refractivity contribution is -0.00937. The van der Waals surface area contributed by atoms with Crippen LogP contribution in [-0.2, 0) is 15.6 Å². The Morgan fingerprint density at radius 2 is 1.83 bits per heavy atom. The van der Waals surface area contributed by atoms with Gasteiger partial charge in [0.15, 0.2) is 5.60 Å². The highest BCUT2D eigenvalue weighted by Crippen LogP contribution is 2.45. The van der Waals surface area contributed by atoms with Gasteiger partial charge in [0.05, 0.1) is 22.9 Å². The quantitative estimate of drug-likeness (QED) is 0.560. The van der Waals surface area contributed by atoms with Crippen LogP contribution in [0.4, 0.5) is 0 Å². The Kier molecular flexibility index (Phi) is 5.84. The molecule has 1 saturated heterocycles. The number of sulfonamides is 1. The number of piperidine rings is 1. The van der Waals surface area contributed by atoms with E-state index >= 15 is 0 Å². The van der Waals surface area contributed by atoms with Crippen LogP contribution >= 0.6 is 0 Å². The van der Waals surface area contributed by atoms with Gasteiger partial charge in [-0.15, -0.1) is 0 Å². The molecule has 2 aliphatic heterocycles. The van der Waals surface area contributed by atoms with E-state index < -0.39 is 15.6 Å². The van der Waals surface area contributed by atoms with E-state index in [-0.39, 0.29) is 26.8 Å². The van der Waals surface area contributed by atoms with Gasteiger partial charge in [0.1, 0.15) is 17.5 Å². The second-order valence-corrected chi connectivity index (χ2v) is 10.3. The number of amides is 1. The first-order valence-corrected chi connectivity index (χ1v) is 12.8. The Morgan fingerprint density at radius 3 is 2.51 bits per heavy atom. The fourth-order valence-electron chi connectivity index (χ4n) is 4.78. The fourth-order valence-corrected chi connectivity index (χ4v) is 5.80. The SMILES string of the molecule is N#Cc1ccc2n1-c1ccccc1OC21CCN(C(=O)c2ccc(S(=O)(=O)NCCO)cc2)CC1.[HH].[HH]. The predicted molar refractivity (Wildman–Crippen MR) is 131 cm³/mol. The summed E-state index contributed by atoms with van der Waals surface area (Å²) in [6.07, 6.45) is 1.11. The summed E-state index contributed by atoms with van der Waals surface area (Å²) < 4.78 is 35.1. The molecule has 9 nitrogen and oxygen atoms in total. The average Bonchev–Trinajstić information content (AvgIpc) is 3.33. The van der Waals surface area contributed by atoms with Crippen LogP contribution in [0, 0.1) is 11.3 Å². The second-order valence-electron chi connectivity index (χ2n) is 8.55. The van der Waals surface area contributed by atoms with E-state index in [9.17, 15) is 18.5 Å². The number of aliphatic hydroxyl groups is 1. The molecule has 2 N–H and O–H groups in total. The van der Waals surface area contributed by atoms with Gasteiger partial charge in [0.25, 0.3) is 5.91 Å². The van der Waals surface area contributed by atoms with Gasteiger partial charge in [-0.05, 0) is 48.5 Å². The van der Waals surface area contributed by atoms with E-state index in [1.54, 1.807) is 11.0 Å². The second kappa shape index (κ2) is 8.85. The van der Waals surface area contributed by atoms with Crippen molar-refractivity contribution in [2.75, 3.05) is 26.2 Å². The van der Waals surface area contributed by atoms with Crippen LogP contribution in [0.3, 0.4) is 0 Å². The number of nitrogens with zero attached hydrogens (tertiary/aromatic N) is 3. The number of carbonyl (C=O) groups excluding carboxylic acids is 1. The molecule has 2 aromatic carbocycles. The first-order valence-electron chi connectivity index (χ1n) is 11.3. The van der Waals surface area contributed by atoms with E-state index in [0.717, 1.165) is 11.4 Å². The summed E-state index contributed by atoms with van der Waals surface area (Å²) in [6, 6.07) is 19.4. The summed E-state index contributed by atoms with van der Waals surface area (Å²) in [6.45, 7) is 0.521. The summed E-state index contributed by atoms with van der Waals surface area (Å²) in [5.74, 6) is 0.524. The molecule has 0 atom stereocenters. The molecule has 0 unspecified atom stereocenters. The van der Waals surface area contributed by atoms with Crippen molar-refractivity contribution < 1.29 is 25.9 Å². The number of hydrogen-bond acceptors (Lipinski definition) is 6. The van der Waals surface area contributed by atoms with E-state index in [0.29, 0.717) is 42.9 Å². The molecule has 1 spiro atoms. The van der Waals surface area contributed by atoms with Gasteiger partial charge in [-0.25, -0.2) is 13.1 Å². The van der Waals surface area contributed by atoms with Gasteiger partial charge in [-0.1, -0.05) is 12.1 Å². The number of likely N-dealkylation sites (tertiary alicyclic amines) is 1. The van der Waals surface area contributed by atoms with Gasteiger partial charge in [0, 0.05) is 40.9 Å². The van der Waals surface area contributed by atoms with Crippen molar-refractivity contribution >= 4 is 15.9 Å². The molecule has 3 aromatic rings. The zero-order valence-electron chi connectivity index (χ0n) is 18.8. The summed E-state index contributed by atoms with van der Waals surface area (Å²) >= 11 is 0. The number of benzene rings is 2. The molecule has 2 aliphatic rings. The van der Waals surface area contributed by atoms with Crippen molar-refractivity contribution in [1.82, 2.24) is 14.2 Å². The maximum Gasteiger partial charge on any atom is 0.253 e. The van der Waals surface area contributed by atoms with Crippen molar-refractivity contribution in [1.29, 1.82) is 5.26 Å². The zero-order chi connectivity index (χ0) is 24.6. The number of carbonyl (C=O) groups is 1. The molecule has 0 radical (unpaired) electrons. The molecule has 5 rings (SSSR count). The zero-order valence-corrected chi connectivity index (χ0v) is 19.7. The molecule has 1 amide bonds. The minimum Gasteiger partial charge on any atom is -0.479 e. The minimum absolute atomic E-state index is 0. The standard InChI is InChI=1S/C25H24N4O5S.2H2/c26-17-19-7-10-23-25(34-22-4-2-1-3-21(22)29(19)23)11-14-28(15-12-25)24(31)18-5-8-20(9-6-18)35(32,33)27-13-16-30;;/h1-10,27,30H,11-16H2;2*1H. The topological polar surface area (TPSA) is 125 Å². The van der Waals surface area contributed by atoms with Gasteiger partial charge in [0.2, 0.25) is 10.0 Å². The monoisotopic (exact) mass is 496 g/mol. The first-order chi connectivity index (χ1) is 16.9. The Bertz CT molecular complexity index is 1430. The van der Waals surface area contributed by atoms with Crippen LogP contribution in [0.15, 0.2) is 65.6 Å². The predicted octanol–water partition coefficient (Wildman–Crippen LogP) is 2.64. The average molecular weight is 497 g/mol. The van der Waals surface area contributed by atoms with Crippen LogP contribution in [0.2, 0.25) is 0 Å². The molecule has 3 heterocycles. The number of aromatic nitrogens is 1. The number of nitrogens with one attached hydrogen (secondary N) is 1. The van der Waals surface area contributed by atoms with Gasteiger partial charge < -0.3 is 14.7 Å². The lowest BCUT2D eigenvalue weighted by atomic mass is 9.86. The van der Waals surface area contributed by atoms with E-state index in [4.69, 9.17) is 9.84 Å². The van der Waals surface area contributed by atoms with E-state index in [1.165, 1.54) is 24.3 Å². The third-order valence-corrected chi connectivity index (χ3v) is 8.02.